The van der Waals surface area contributed by atoms with Crippen LogP contribution in [0.5, 0.6) is 5.75 Å². The topological polar surface area (TPSA) is 119 Å². The number of carbonyl (C=O) groups excluding carboxylic acids is 1. The first-order valence-electron chi connectivity index (χ1n) is 12.1. The van der Waals surface area contributed by atoms with Crippen molar-refractivity contribution in [2.24, 2.45) is 5.92 Å². The lowest BCUT2D eigenvalue weighted by molar-refractivity contribution is -0.139. The van der Waals surface area contributed by atoms with Crippen LogP contribution in [0.15, 0.2) is 66.7 Å². The Labute approximate surface area is 214 Å². The first-order chi connectivity index (χ1) is 17.8. The quantitative estimate of drug-likeness (QED) is 0.118. The molecule has 0 spiro atoms. The summed E-state index contributed by atoms with van der Waals surface area (Å²) in [5, 5.41) is 18.3. The Morgan fingerprint density at radius 2 is 1.73 bits per heavy atom. The predicted molar refractivity (Wildman–Crippen MR) is 139 cm³/mol. The maximum atomic E-state index is 12.7. The largest absolute Gasteiger partial charge is 0.511 e. The van der Waals surface area contributed by atoms with Crippen molar-refractivity contribution in [2.75, 3.05) is 0 Å². The predicted octanol–water partition coefficient (Wildman–Crippen LogP) is 6.05. The van der Waals surface area contributed by atoms with Gasteiger partial charge in [-0.15, -0.1) is 0 Å². The number of aliphatic carboxylic acids is 1. The van der Waals surface area contributed by atoms with E-state index in [-0.39, 0.29) is 5.75 Å². The third-order valence-electron chi connectivity index (χ3n) is 6.32. The molecule has 190 valence electrons. The third-order valence-corrected chi connectivity index (χ3v) is 6.32. The van der Waals surface area contributed by atoms with Gasteiger partial charge in [-0.05, 0) is 48.7 Å². The first-order valence-corrected chi connectivity index (χ1v) is 12.1. The van der Waals surface area contributed by atoms with Crippen molar-refractivity contribution >= 4 is 28.9 Å². The summed E-state index contributed by atoms with van der Waals surface area (Å²) in [5.74, 6) is -1.56. The Bertz CT molecular complexity index is 1460. The van der Waals surface area contributed by atoms with Gasteiger partial charge in [-0.3, -0.25) is 9.59 Å². The number of carboxylic acids is 1. The highest BCUT2D eigenvalue weighted by Gasteiger charge is 2.23. The fourth-order valence-electron chi connectivity index (χ4n) is 4.25. The summed E-state index contributed by atoms with van der Waals surface area (Å²) in [4.78, 5) is 39.9. The number of carboxylic acid groups (broad SMARTS) is 2. The smallest absolute Gasteiger partial charge is 0.481 e. The van der Waals surface area contributed by atoms with Crippen LogP contribution in [0.4, 0.5) is 4.79 Å². The van der Waals surface area contributed by atoms with E-state index in [1.54, 1.807) is 36.4 Å². The van der Waals surface area contributed by atoms with Crippen molar-refractivity contribution in [3.8, 4) is 16.9 Å². The number of aryl methyl sites for hydroxylation is 1. The summed E-state index contributed by atoms with van der Waals surface area (Å²) in [6, 6.07) is 19.8. The van der Waals surface area contributed by atoms with E-state index in [0.29, 0.717) is 17.7 Å². The second-order valence-corrected chi connectivity index (χ2v) is 8.91. The highest BCUT2D eigenvalue weighted by atomic mass is 16.7. The fourth-order valence-corrected chi connectivity index (χ4v) is 4.25. The van der Waals surface area contributed by atoms with E-state index in [1.807, 2.05) is 30.3 Å². The molecular weight excluding hydrogens is 472 g/mol. The van der Waals surface area contributed by atoms with Gasteiger partial charge in [0.25, 0.3) is 0 Å². The van der Waals surface area contributed by atoms with Crippen LogP contribution in [-0.4, -0.2) is 37.7 Å². The molecule has 4 rings (SSSR count). The zero-order valence-corrected chi connectivity index (χ0v) is 20.7. The molecule has 0 aliphatic rings. The summed E-state index contributed by atoms with van der Waals surface area (Å²) in [7, 11) is 0. The standard InChI is InChI=1S/C29H28N2O6/c1-3-4-9-26-30-23-15-14-21(27(32)18(2)28(33)34)16-24(23)31(26)17-19-10-12-20(13-11-19)22-7-5-6-8-25(22)37-29(35)36/h5-8,10-16,18H,3-4,9,17H2,1-2H3,(H,33,34)(H,35,36). The lowest BCUT2D eigenvalue weighted by atomic mass is 9.99. The number of hydrogen-bond donors (Lipinski definition) is 2. The second kappa shape index (κ2) is 11.1. The number of aromatic nitrogens is 2. The molecule has 8 nitrogen and oxygen atoms in total. The summed E-state index contributed by atoms with van der Waals surface area (Å²) in [5.41, 5.74) is 4.35. The van der Waals surface area contributed by atoms with Gasteiger partial charge in [0.2, 0.25) is 0 Å². The summed E-state index contributed by atoms with van der Waals surface area (Å²) < 4.78 is 6.99. The van der Waals surface area contributed by atoms with E-state index in [0.717, 1.165) is 47.2 Å². The van der Waals surface area contributed by atoms with E-state index in [2.05, 4.69) is 11.5 Å². The van der Waals surface area contributed by atoms with Crippen molar-refractivity contribution < 1.29 is 29.3 Å². The van der Waals surface area contributed by atoms with Gasteiger partial charge in [-0.1, -0.05) is 55.8 Å². The number of rotatable bonds is 10. The molecule has 0 saturated carbocycles. The SMILES string of the molecule is CCCCc1nc2ccc(C(=O)C(C)C(=O)O)cc2n1Cc1ccc(-c2ccccc2OC(=O)O)cc1. The molecule has 0 aliphatic carbocycles. The number of ketones is 1. The number of carbonyl (C=O) groups is 3. The Kier molecular flexibility index (Phi) is 7.67. The van der Waals surface area contributed by atoms with E-state index < -0.39 is 23.8 Å². The van der Waals surface area contributed by atoms with Crippen molar-refractivity contribution in [2.45, 2.75) is 39.7 Å². The molecule has 1 atom stereocenters. The lowest BCUT2D eigenvalue weighted by Crippen LogP contribution is -2.20. The zero-order valence-electron chi connectivity index (χ0n) is 20.7. The Morgan fingerprint density at radius 1 is 1.00 bits per heavy atom. The Morgan fingerprint density at radius 3 is 2.41 bits per heavy atom. The highest BCUT2D eigenvalue weighted by Crippen LogP contribution is 2.30. The van der Waals surface area contributed by atoms with E-state index in [4.69, 9.17) is 14.8 Å². The minimum atomic E-state index is -1.37. The highest BCUT2D eigenvalue weighted by molar-refractivity contribution is 6.09. The van der Waals surface area contributed by atoms with E-state index in [9.17, 15) is 19.5 Å². The Balaban J connectivity index is 1.69. The molecule has 8 heteroatoms. The zero-order chi connectivity index (χ0) is 26.5. The number of fused-ring (bicyclic) bond motifs is 1. The number of benzene rings is 3. The van der Waals surface area contributed by atoms with Gasteiger partial charge >= 0.3 is 12.1 Å². The van der Waals surface area contributed by atoms with Gasteiger partial charge in [0, 0.05) is 24.1 Å². The molecule has 37 heavy (non-hydrogen) atoms. The summed E-state index contributed by atoms with van der Waals surface area (Å²) in [6.07, 6.45) is 1.38. The molecule has 1 aromatic heterocycles. The molecule has 0 aliphatic heterocycles. The maximum absolute atomic E-state index is 12.7. The minimum absolute atomic E-state index is 0.262. The van der Waals surface area contributed by atoms with Gasteiger partial charge in [0.15, 0.2) is 5.78 Å². The van der Waals surface area contributed by atoms with Gasteiger partial charge in [0.1, 0.15) is 17.5 Å². The third kappa shape index (κ3) is 5.69. The van der Waals surface area contributed by atoms with E-state index in [1.165, 1.54) is 6.92 Å². The summed E-state index contributed by atoms with van der Waals surface area (Å²) in [6.45, 7) is 4.01. The van der Waals surface area contributed by atoms with Gasteiger partial charge in [0.05, 0.1) is 11.0 Å². The average Bonchev–Trinajstić information content (AvgIpc) is 3.23. The van der Waals surface area contributed by atoms with E-state index >= 15 is 0 Å². The molecule has 0 radical (unpaired) electrons. The average molecular weight is 501 g/mol. The van der Waals surface area contributed by atoms with Crippen LogP contribution in [0.2, 0.25) is 0 Å². The van der Waals surface area contributed by atoms with Gasteiger partial charge < -0.3 is 19.5 Å². The lowest BCUT2D eigenvalue weighted by Gasteiger charge is -2.12. The molecule has 0 saturated heterocycles. The Hall–Kier alpha value is -4.46. The van der Waals surface area contributed by atoms with Crippen LogP contribution < -0.4 is 4.74 Å². The van der Waals surface area contributed by atoms with Crippen molar-refractivity contribution in [1.29, 1.82) is 0 Å². The molecule has 3 aromatic carbocycles. The van der Waals surface area contributed by atoms with Gasteiger partial charge in [-0.2, -0.15) is 0 Å². The van der Waals surface area contributed by atoms with Crippen LogP contribution in [0.1, 0.15) is 48.4 Å². The number of unbranched alkanes of at least 4 members (excludes halogenated alkanes) is 1. The van der Waals surface area contributed by atoms with Crippen LogP contribution in [0.3, 0.4) is 0 Å². The number of imidazole rings is 1. The van der Waals surface area contributed by atoms with Crippen LogP contribution in [-0.2, 0) is 17.8 Å². The molecule has 1 unspecified atom stereocenters. The molecule has 0 amide bonds. The fraction of sp³-hybridized carbons (Fsp3) is 0.241. The first kappa shape index (κ1) is 25.6. The monoisotopic (exact) mass is 500 g/mol. The molecule has 0 bridgehead atoms. The molecule has 0 fully saturated rings. The van der Waals surface area contributed by atoms with Crippen LogP contribution >= 0.6 is 0 Å². The molecule has 2 N–H and O–H groups in total. The van der Waals surface area contributed by atoms with Crippen LogP contribution in [0.25, 0.3) is 22.2 Å². The molecular formula is C29H28N2O6. The normalized spacial score (nSPS) is 11.8. The van der Waals surface area contributed by atoms with Crippen molar-refractivity contribution in [1.82, 2.24) is 9.55 Å². The van der Waals surface area contributed by atoms with Gasteiger partial charge in [-0.25, -0.2) is 9.78 Å². The van der Waals surface area contributed by atoms with Crippen molar-refractivity contribution in [3.63, 3.8) is 0 Å². The summed E-state index contributed by atoms with van der Waals surface area (Å²) >= 11 is 0. The van der Waals surface area contributed by atoms with Crippen LogP contribution in [0, 0.1) is 5.92 Å². The minimum Gasteiger partial charge on any atom is -0.481 e. The second-order valence-electron chi connectivity index (χ2n) is 8.91. The number of Topliss-reactive ketones (excluding diaryl/α,β-unsaturated/α-hetero) is 1. The maximum Gasteiger partial charge on any atom is 0.511 e. The number of ether oxygens (including phenoxy) is 1. The number of para-hydroxylation sites is 1. The molecule has 1 heterocycles. The van der Waals surface area contributed by atoms with Crippen molar-refractivity contribution in [3.05, 3.63) is 83.7 Å². The number of nitrogens with zero attached hydrogens (tertiary/aromatic N) is 2. The molecule has 4 aromatic rings. The number of hydrogen-bond acceptors (Lipinski definition) is 5.